The number of hydrogen-bond acceptors (Lipinski definition) is 2. The van der Waals surface area contributed by atoms with E-state index in [0.717, 1.165) is 28.0 Å². The minimum absolute atomic E-state index is 0.452. The molecule has 2 saturated carbocycles. The topological polar surface area (TPSA) is 38.3 Å². The molecule has 0 heterocycles. The molecule has 0 bridgehead atoms. The molecule has 4 rings (SSSR count). The van der Waals surface area contributed by atoms with E-state index in [2.05, 4.69) is 25.7 Å². The number of carbonyl (C=O) groups excluding carboxylic acids is 1. The summed E-state index contributed by atoms with van der Waals surface area (Å²) in [5, 5.41) is 4.41. The number of fused-ring (bicyclic) bond motifs is 2. The lowest BCUT2D eigenvalue weighted by Crippen LogP contribution is -2.22. The molecule has 2 aromatic rings. The van der Waals surface area contributed by atoms with Crippen molar-refractivity contribution in [3.05, 3.63) is 54.6 Å². The van der Waals surface area contributed by atoms with Crippen LogP contribution in [-0.4, -0.2) is 13.1 Å². The summed E-state index contributed by atoms with van der Waals surface area (Å²) in [5.74, 6) is 2.39. The largest absolute Gasteiger partial charge is 0.412 e. The van der Waals surface area contributed by atoms with Crippen LogP contribution in [0.3, 0.4) is 0 Å². The third-order valence-corrected chi connectivity index (χ3v) is 5.83. The SMILES string of the molecule is C=C1CCC2(C(C)C)CC12.CNC(=O)Oc1cccc2ccccc12. The van der Waals surface area contributed by atoms with Crippen LogP contribution in [0.5, 0.6) is 5.75 Å². The van der Waals surface area contributed by atoms with E-state index in [-0.39, 0.29) is 0 Å². The summed E-state index contributed by atoms with van der Waals surface area (Å²) in [6.45, 7) is 8.82. The maximum Gasteiger partial charge on any atom is 0.412 e. The van der Waals surface area contributed by atoms with Crippen molar-refractivity contribution in [1.29, 1.82) is 0 Å². The summed E-state index contributed by atoms with van der Waals surface area (Å²) in [5.41, 5.74) is 2.27. The molecule has 2 aliphatic rings. The number of hydrogen-bond donors (Lipinski definition) is 1. The molecule has 2 fully saturated rings. The summed E-state index contributed by atoms with van der Waals surface area (Å²) in [7, 11) is 1.54. The first-order valence-corrected chi connectivity index (χ1v) is 9.03. The molecule has 0 spiro atoms. The van der Waals surface area contributed by atoms with Crippen LogP contribution in [0.4, 0.5) is 4.79 Å². The van der Waals surface area contributed by atoms with E-state index in [1.54, 1.807) is 6.07 Å². The molecule has 0 radical (unpaired) electrons. The molecule has 25 heavy (non-hydrogen) atoms. The van der Waals surface area contributed by atoms with E-state index >= 15 is 0 Å². The molecule has 2 aliphatic carbocycles. The molecule has 2 unspecified atom stereocenters. The lowest BCUT2D eigenvalue weighted by atomic mass is 9.90. The lowest BCUT2D eigenvalue weighted by Gasteiger charge is -2.15. The minimum Gasteiger partial charge on any atom is -0.410 e. The van der Waals surface area contributed by atoms with Crippen molar-refractivity contribution >= 4 is 16.9 Å². The second-order valence-electron chi connectivity index (χ2n) is 7.42. The first kappa shape index (κ1) is 17.5. The minimum atomic E-state index is -0.452. The third-order valence-electron chi connectivity index (χ3n) is 5.83. The van der Waals surface area contributed by atoms with Gasteiger partial charge in [0, 0.05) is 12.4 Å². The van der Waals surface area contributed by atoms with Crippen LogP contribution in [0.25, 0.3) is 10.8 Å². The zero-order valence-corrected chi connectivity index (χ0v) is 15.3. The molecule has 2 atom stereocenters. The summed E-state index contributed by atoms with van der Waals surface area (Å²) in [6.07, 6.45) is 3.73. The van der Waals surface area contributed by atoms with Crippen molar-refractivity contribution in [3.8, 4) is 5.75 Å². The molecule has 3 nitrogen and oxygen atoms in total. The molecule has 0 saturated heterocycles. The van der Waals surface area contributed by atoms with E-state index in [0.29, 0.717) is 5.75 Å². The predicted molar refractivity (Wildman–Crippen MR) is 103 cm³/mol. The Morgan fingerprint density at radius 3 is 2.52 bits per heavy atom. The van der Waals surface area contributed by atoms with Crippen LogP contribution in [0, 0.1) is 17.3 Å². The Morgan fingerprint density at radius 1 is 1.24 bits per heavy atom. The van der Waals surface area contributed by atoms with Gasteiger partial charge in [-0.25, -0.2) is 4.79 Å². The van der Waals surface area contributed by atoms with E-state index in [1.807, 2.05) is 36.4 Å². The standard InChI is InChI=1S/C12H11NO2.C10H16/c1-13-12(14)15-11-8-4-6-9-5-2-3-7-10(9)11;1-7(2)10-5-4-8(3)9(10)6-10/h2-8H,1H3,(H,13,14);7,9H,3-6H2,1-2H3. The van der Waals surface area contributed by atoms with Gasteiger partial charge in [0.2, 0.25) is 0 Å². The molecule has 1 N–H and O–H groups in total. The normalized spacial score (nSPS) is 23.7. The van der Waals surface area contributed by atoms with Crippen LogP contribution in [0.2, 0.25) is 0 Å². The van der Waals surface area contributed by atoms with E-state index in [9.17, 15) is 4.79 Å². The molecule has 0 aliphatic heterocycles. The maximum absolute atomic E-state index is 11.1. The summed E-state index contributed by atoms with van der Waals surface area (Å²) >= 11 is 0. The molecule has 0 aromatic heterocycles. The Labute approximate surface area is 150 Å². The van der Waals surface area contributed by atoms with Crippen molar-refractivity contribution in [1.82, 2.24) is 5.32 Å². The fourth-order valence-corrected chi connectivity index (χ4v) is 4.08. The average Bonchev–Trinajstić information content (AvgIpc) is 3.29. The fourth-order valence-electron chi connectivity index (χ4n) is 4.08. The maximum atomic E-state index is 11.1. The molecule has 1 amide bonds. The monoisotopic (exact) mass is 337 g/mol. The van der Waals surface area contributed by atoms with Crippen molar-refractivity contribution in [2.24, 2.45) is 17.3 Å². The number of carbonyl (C=O) groups is 1. The second-order valence-corrected chi connectivity index (χ2v) is 7.42. The van der Waals surface area contributed by atoms with Crippen LogP contribution in [-0.2, 0) is 0 Å². The number of amides is 1. The van der Waals surface area contributed by atoms with Crippen LogP contribution < -0.4 is 10.1 Å². The van der Waals surface area contributed by atoms with Crippen LogP contribution in [0.1, 0.15) is 33.1 Å². The summed E-state index contributed by atoms with van der Waals surface area (Å²) < 4.78 is 5.13. The van der Waals surface area contributed by atoms with E-state index in [1.165, 1.54) is 31.9 Å². The van der Waals surface area contributed by atoms with Gasteiger partial charge in [0.1, 0.15) is 5.75 Å². The van der Waals surface area contributed by atoms with Gasteiger partial charge in [-0.05, 0) is 48.0 Å². The average molecular weight is 337 g/mol. The number of rotatable bonds is 2. The van der Waals surface area contributed by atoms with Gasteiger partial charge in [-0.15, -0.1) is 0 Å². The van der Waals surface area contributed by atoms with Gasteiger partial charge in [-0.1, -0.05) is 62.4 Å². The Morgan fingerprint density at radius 2 is 1.96 bits per heavy atom. The highest BCUT2D eigenvalue weighted by Crippen LogP contribution is 2.69. The number of benzene rings is 2. The van der Waals surface area contributed by atoms with Gasteiger partial charge in [-0.2, -0.15) is 0 Å². The fraction of sp³-hybridized carbons (Fsp3) is 0.409. The van der Waals surface area contributed by atoms with Gasteiger partial charge >= 0.3 is 6.09 Å². The molecule has 3 heteroatoms. The smallest absolute Gasteiger partial charge is 0.410 e. The highest BCUT2D eigenvalue weighted by Gasteiger charge is 2.59. The van der Waals surface area contributed by atoms with Gasteiger partial charge < -0.3 is 10.1 Å². The van der Waals surface area contributed by atoms with Crippen LogP contribution in [0.15, 0.2) is 54.6 Å². The first-order chi connectivity index (χ1) is 12.0. The Bertz CT molecular complexity index is 790. The van der Waals surface area contributed by atoms with Crippen molar-refractivity contribution < 1.29 is 9.53 Å². The zero-order chi connectivity index (χ0) is 18.0. The molecule has 2 aromatic carbocycles. The highest BCUT2D eigenvalue weighted by atomic mass is 16.6. The lowest BCUT2D eigenvalue weighted by molar-refractivity contribution is 0.203. The molecular weight excluding hydrogens is 310 g/mol. The van der Waals surface area contributed by atoms with Gasteiger partial charge in [0.15, 0.2) is 0 Å². The van der Waals surface area contributed by atoms with E-state index in [4.69, 9.17) is 4.74 Å². The summed E-state index contributed by atoms with van der Waals surface area (Å²) in [6, 6.07) is 13.4. The van der Waals surface area contributed by atoms with Gasteiger partial charge in [0.25, 0.3) is 0 Å². The molecule has 132 valence electrons. The predicted octanol–water partition coefficient (Wildman–Crippen LogP) is 5.56. The van der Waals surface area contributed by atoms with E-state index < -0.39 is 6.09 Å². The van der Waals surface area contributed by atoms with Gasteiger partial charge in [0.05, 0.1) is 0 Å². The number of allylic oxidation sites excluding steroid dienone is 1. The van der Waals surface area contributed by atoms with Crippen molar-refractivity contribution in [3.63, 3.8) is 0 Å². The zero-order valence-electron chi connectivity index (χ0n) is 15.3. The third kappa shape index (κ3) is 3.41. The quantitative estimate of drug-likeness (QED) is 0.729. The second kappa shape index (κ2) is 6.91. The Kier molecular flexibility index (Phi) is 4.85. The Balaban J connectivity index is 0.000000157. The summed E-state index contributed by atoms with van der Waals surface area (Å²) in [4.78, 5) is 11.1. The number of nitrogens with one attached hydrogen (secondary N) is 1. The van der Waals surface area contributed by atoms with Crippen molar-refractivity contribution in [2.75, 3.05) is 7.05 Å². The highest BCUT2D eigenvalue weighted by molar-refractivity contribution is 5.90. The first-order valence-electron chi connectivity index (χ1n) is 9.03. The van der Waals surface area contributed by atoms with Crippen LogP contribution >= 0.6 is 0 Å². The van der Waals surface area contributed by atoms with Crippen molar-refractivity contribution in [2.45, 2.75) is 33.1 Å². The Hall–Kier alpha value is -2.29. The number of ether oxygens (including phenoxy) is 1. The van der Waals surface area contributed by atoms with Gasteiger partial charge in [-0.3, -0.25) is 0 Å². The molecular formula is C22H27NO2.